The molecule has 0 bridgehead atoms. The summed E-state index contributed by atoms with van der Waals surface area (Å²) >= 11 is 0. The van der Waals surface area contributed by atoms with Gasteiger partial charge in [0.1, 0.15) is 11.9 Å². The zero-order chi connectivity index (χ0) is 13.6. The number of halogens is 1. The van der Waals surface area contributed by atoms with Crippen molar-refractivity contribution in [3.8, 4) is 6.07 Å². The van der Waals surface area contributed by atoms with Gasteiger partial charge >= 0.3 is 0 Å². The van der Waals surface area contributed by atoms with E-state index in [-0.39, 0.29) is 5.56 Å². The fourth-order valence-electron chi connectivity index (χ4n) is 1.90. The average molecular weight is 250 g/mol. The molecule has 18 heavy (non-hydrogen) atoms. The predicted octanol–water partition coefficient (Wildman–Crippen LogP) is 2.34. The summed E-state index contributed by atoms with van der Waals surface area (Å²) in [6.07, 6.45) is 1.59. The molecule has 0 radical (unpaired) electrons. The molecule has 1 aromatic rings. The lowest BCUT2D eigenvalue weighted by Gasteiger charge is -2.23. The molecular formula is C14H19FN2O. The standard InChI is InChI=1S/C14H19FN2O/c1-3-7-14(2,18)10-17-9-12-6-4-5-11(8-16)13(12)15/h4-6,17-18H,3,7,9-10H2,1-2H3. The second kappa shape index (κ2) is 6.48. The first kappa shape index (κ1) is 14.6. The molecule has 0 aliphatic rings. The summed E-state index contributed by atoms with van der Waals surface area (Å²) in [7, 11) is 0. The van der Waals surface area contributed by atoms with Gasteiger partial charge in [0.25, 0.3) is 0 Å². The summed E-state index contributed by atoms with van der Waals surface area (Å²) in [4.78, 5) is 0. The SMILES string of the molecule is CCCC(C)(O)CNCc1cccc(C#N)c1F. The minimum absolute atomic E-state index is 0.0506. The minimum atomic E-state index is -0.780. The lowest BCUT2D eigenvalue weighted by atomic mass is 10.0. The zero-order valence-electron chi connectivity index (χ0n) is 10.8. The summed E-state index contributed by atoms with van der Waals surface area (Å²) in [6.45, 7) is 4.47. The number of rotatable bonds is 6. The lowest BCUT2D eigenvalue weighted by Crippen LogP contribution is -2.37. The summed E-state index contributed by atoms with van der Waals surface area (Å²) in [5, 5.41) is 21.7. The van der Waals surface area contributed by atoms with Gasteiger partial charge in [0.05, 0.1) is 11.2 Å². The topological polar surface area (TPSA) is 56.0 Å². The molecule has 0 heterocycles. The summed E-state index contributed by atoms with van der Waals surface area (Å²) < 4.78 is 13.7. The van der Waals surface area contributed by atoms with Gasteiger partial charge in [-0.25, -0.2) is 4.39 Å². The Labute approximate surface area is 107 Å². The summed E-state index contributed by atoms with van der Waals surface area (Å²) in [5.74, 6) is -0.484. The molecule has 0 aliphatic carbocycles. The van der Waals surface area contributed by atoms with Gasteiger partial charge in [-0.3, -0.25) is 0 Å². The van der Waals surface area contributed by atoms with Gasteiger partial charge in [0.15, 0.2) is 0 Å². The largest absolute Gasteiger partial charge is 0.389 e. The molecular weight excluding hydrogens is 231 g/mol. The lowest BCUT2D eigenvalue weighted by molar-refractivity contribution is 0.0497. The molecule has 0 saturated heterocycles. The van der Waals surface area contributed by atoms with Crippen molar-refractivity contribution < 1.29 is 9.50 Å². The van der Waals surface area contributed by atoms with Crippen molar-refractivity contribution in [3.63, 3.8) is 0 Å². The Bertz CT molecular complexity index is 438. The van der Waals surface area contributed by atoms with E-state index in [1.807, 2.05) is 13.0 Å². The number of nitrogens with one attached hydrogen (secondary N) is 1. The van der Waals surface area contributed by atoms with Crippen LogP contribution in [0.5, 0.6) is 0 Å². The molecule has 3 nitrogen and oxygen atoms in total. The smallest absolute Gasteiger partial charge is 0.145 e. The van der Waals surface area contributed by atoms with Crippen molar-refractivity contribution in [2.75, 3.05) is 6.54 Å². The molecule has 1 rings (SSSR count). The normalized spacial score (nSPS) is 13.9. The van der Waals surface area contributed by atoms with Gasteiger partial charge in [-0.05, 0) is 19.4 Å². The van der Waals surface area contributed by atoms with Crippen LogP contribution in [0.25, 0.3) is 0 Å². The van der Waals surface area contributed by atoms with E-state index in [0.29, 0.717) is 25.1 Å². The van der Waals surface area contributed by atoms with Crippen LogP contribution in [0, 0.1) is 17.1 Å². The molecule has 4 heteroatoms. The van der Waals surface area contributed by atoms with Gasteiger partial charge in [0, 0.05) is 18.7 Å². The molecule has 0 aliphatic heterocycles. The molecule has 0 aromatic heterocycles. The van der Waals surface area contributed by atoms with Crippen LogP contribution in [-0.2, 0) is 6.54 Å². The van der Waals surface area contributed by atoms with Crippen molar-refractivity contribution in [2.45, 2.75) is 38.8 Å². The van der Waals surface area contributed by atoms with Crippen molar-refractivity contribution in [3.05, 3.63) is 35.1 Å². The molecule has 1 atom stereocenters. The van der Waals surface area contributed by atoms with Crippen LogP contribution in [0.15, 0.2) is 18.2 Å². The highest BCUT2D eigenvalue weighted by Gasteiger charge is 2.18. The van der Waals surface area contributed by atoms with Crippen LogP contribution in [0.2, 0.25) is 0 Å². The molecule has 0 spiro atoms. The Balaban J connectivity index is 2.57. The Morgan fingerprint density at radius 1 is 1.50 bits per heavy atom. The maximum Gasteiger partial charge on any atom is 0.145 e. The highest BCUT2D eigenvalue weighted by molar-refractivity contribution is 5.34. The molecule has 0 fully saturated rings. The van der Waals surface area contributed by atoms with E-state index >= 15 is 0 Å². The Morgan fingerprint density at radius 2 is 2.22 bits per heavy atom. The van der Waals surface area contributed by atoms with Gasteiger partial charge < -0.3 is 10.4 Å². The van der Waals surface area contributed by atoms with Crippen molar-refractivity contribution in [1.29, 1.82) is 5.26 Å². The van der Waals surface area contributed by atoms with E-state index in [9.17, 15) is 9.50 Å². The average Bonchev–Trinajstić information content (AvgIpc) is 2.31. The molecule has 0 saturated carbocycles. The van der Waals surface area contributed by atoms with Crippen LogP contribution >= 0.6 is 0 Å². The quantitative estimate of drug-likeness (QED) is 0.814. The number of nitriles is 1. The molecule has 98 valence electrons. The van der Waals surface area contributed by atoms with E-state index < -0.39 is 11.4 Å². The number of aliphatic hydroxyl groups is 1. The van der Waals surface area contributed by atoms with E-state index in [2.05, 4.69) is 5.32 Å². The van der Waals surface area contributed by atoms with Gasteiger partial charge in [-0.1, -0.05) is 25.5 Å². The van der Waals surface area contributed by atoms with E-state index in [1.165, 1.54) is 6.07 Å². The molecule has 2 N–H and O–H groups in total. The maximum atomic E-state index is 13.7. The third-order valence-electron chi connectivity index (χ3n) is 2.81. The Kier molecular flexibility index (Phi) is 5.26. The van der Waals surface area contributed by atoms with Crippen molar-refractivity contribution >= 4 is 0 Å². The van der Waals surface area contributed by atoms with Gasteiger partial charge in [-0.2, -0.15) is 5.26 Å². The Morgan fingerprint density at radius 3 is 2.83 bits per heavy atom. The molecule has 1 unspecified atom stereocenters. The van der Waals surface area contributed by atoms with E-state index in [0.717, 1.165) is 6.42 Å². The van der Waals surface area contributed by atoms with Crippen LogP contribution in [0.4, 0.5) is 4.39 Å². The minimum Gasteiger partial charge on any atom is -0.389 e. The second-order valence-corrected chi connectivity index (χ2v) is 4.74. The fourth-order valence-corrected chi connectivity index (χ4v) is 1.90. The number of hydrogen-bond donors (Lipinski definition) is 2. The first-order chi connectivity index (χ1) is 8.50. The molecule has 0 amide bonds. The van der Waals surface area contributed by atoms with Crippen LogP contribution in [0.1, 0.15) is 37.8 Å². The second-order valence-electron chi connectivity index (χ2n) is 4.74. The monoisotopic (exact) mass is 250 g/mol. The van der Waals surface area contributed by atoms with Gasteiger partial charge in [-0.15, -0.1) is 0 Å². The van der Waals surface area contributed by atoms with E-state index in [4.69, 9.17) is 5.26 Å². The number of nitrogens with zero attached hydrogens (tertiary/aromatic N) is 1. The first-order valence-electron chi connectivity index (χ1n) is 6.11. The zero-order valence-corrected chi connectivity index (χ0v) is 10.8. The maximum absolute atomic E-state index is 13.7. The van der Waals surface area contributed by atoms with Crippen LogP contribution in [0.3, 0.4) is 0 Å². The van der Waals surface area contributed by atoms with Crippen LogP contribution < -0.4 is 5.32 Å². The van der Waals surface area contributed by atoms with Crippen molar-refractivity contribution in [2.24, 2.45) is 0 Å². The Hall–Kier alpha value is -1.44. The highest BCUT2D eigenvalue weighted by Crippen LogP contribution is 2.13. The van der Waals surface area contributed by atoms with E-state index in [1.54, 1.807) is 19.1 Å². The first-order valence-corrected chi connectivity index (χ1v) is 6.11. The van der Waals surface area contributed by atoms with Gasteiger partial charge in [0.2, 0.25) is 0 Å². The highest BCUT2D eigenvalue weighted by atomic mass is 19.1. The third-order valence-corrected chi connectivity index (χ3v) is 2.81. The summed E-state index contributed by atoms with van der Waals surface area (Å²) in [5.41, 5.74) is -0.283. The number of benzene rings is 1. The fraction of sp³-hybridized carbons (Fsp3) is 0.500. The predicted molar refractivity (Wildman–Crippen MR) is 68.4 cm³/mol. The third kappa shape index (κ3) is 4.10. The van der Waals surface area contributed by atoms with Crippen molar-refractivity contribution in [1.82, 2.24) is 5.32 Å². The summed E-state index contributed by atoms with van der Waals surface area (Å²) in [6, 6.07) is 6.55. The molecule has 1 aromatic carbocycles. The van der Waals surface area contributed by atoms with Crippen LogP contribution in [-0.4, -0.2) is 17.3 Å². The number of hydrogen-bond acceptors (Lipinski definition) is 3.